The lowest BCUT2D eigenvalue weighted by molar-refractivity contribution is 0.0574. The number of hydrogen-bond acceptors (Lipinski definition) is 3. The lowest BCUT2D eigenvalue weighted by atomic mass is 9.89. The first-order chi connectivity index (χ1) is 9.93. The Morgan fingerprint density at radius 3 is 2.38 bits per heavy atom. The summed E-state index contributed by atoms with van der Waals surface area (Å²) in [6.07, 6.45) is 3.70. The summed E-state index contributed by atoms with van der Waals surface area (Å²) in [5, 5.41) is 0. The zero-order chi connectivity index (χ0) is 15.5. The van der Waals surface area contributed by atoms with E-state index in [2.05, 4.69) is 4.90 Å². The highest BCUT2D eigenvalue weighted by molar-refractivity contribution is 6.04. The van der Waals surface area contributed by atoms with Crippen LogP contribution in [0.3, 0.4) is 0 Å². The highest BCUT2D eigenvalue weighted by Crippen LogP contribution is 2.29. The van der Waals surface area contributed by atoms with E-state index in [0.717, 1.165) is 13.1 Å². The van der Waals surface area contributed by atoms with E-state index in [1.807, 2.05) is 52.0 Å². The molecule has 1 aliphatic rings. The van der Waals surface area contributed by atoms with Crippen molar-refractivity contribution in [3.8, 4) is 5.75 Å². The number of rotatable bonds is 5. The van der Waals surface area contributed by atoms with Gasteiger partial charge in [0, 0.05) is 0 Å². The zero-order valence-electron chi connectivity index (χ0n) is 13.7. The summed E-state index contributed by atoms with van der Waals surface area (Å²) in [4.78, 5) is 15.4. The Balaban J connectivity index is 2.26. The molecule has 21 heavy (non-hydrogen) atoms. The Hall–Kier alpha value is -1.35. The van der Waals surface area contributed by atoms with E-state index in [4.69, 9.17) is 4.74 Å². The Morgan fingerprint density at radius 1 is 1.14 bits per heavy atom. The summed E-state index contributed by atoms with van der Waals surface area (Å²) in [7, 11) is 0. The predicted molar refractivity (Wildman–Crippen MR) is 86.0 cm³/mol. The third kappa shape index (κ3) is 3.65. The largest absolute Gasteiger partial charge is 0.490 e. The summed E-state index contributed by atoms with van der Waals surface area (Å²) in [6.45, 7) is 10.0. The summed E-state index contributed by atoms with van der Waals surface area (Å²) in [6, 6.07) is 7.60. The molecule has 1 aliphatic heterocycles. The van der Waals surface area contributed by atoms with Crippen LogP contribution in [0.1, 0.15) is 57.3 Å². The average molecular weight is 289 g/mol. The molecule has 2 rings (SSSR count). The molecule has 0 N–H and O–H groups in total. The number of piperidine rings is 1. The van der Waals surface area contributed by atoms with Crippen molar-refractivity contribution in [3.05, 3.63) is 29.8 Å². The summed E-state index contributed by atoms with van der Waals surface area (Å²) in [5.74, 6) is 0.850. The molecule has 0 spiro atoms. The van der Waals surface area contributed by atoms with Crippen LogP contribution in [-0.2, 0) is 0 Å². The molecule has 116 valence electrons. The number of likely N-dealkylation sites (tertiary alicyclic amines) is 1. The maximum atomic E-state index is 13.0. The first-order valence-corrected chi connectivity index (χ1v) is 7.98. The van der Waals surface area contributed by atoms with Gasteiger partial charge >= 0.3 is 0 Å². The van der Waals surface area contributed by atoms with Gasteiger partial charge in [0.05, 0.1) is 17.2 Å². The number of Topliss-reactive ketones (excluding diaryl/α,β-unsaturated/α-hetero) is 1. The Bertz CT molecular complexity index is 488. The van der Waals surface area contributed by atoms with Crippen molar-refractivity contribution < 1.29 is 9.53 Å². The molecule has 0 saturated carbocycles. The third-order valence-corrected chi connectivity index (χ3v) is 4.20. The molecular weight excluding hydrogens is 262 g/mol. The second-order valence-corrected chi connectivity index (χ2v) is 6.60. The quantitative estimate of drug-likeness (QED) is 0.769. The fourth-order valence-electron chi connectivity index (χ4n) is 2.94. The average Bonchev–Trinajstić information content (AvgIpc) is 2.47. The van der Waals surface area contributed by atoms with Gasteiger partial charge in [-0.3, -0.25) is 9.69 Å². The van der Waals surface area contributed by atoms with Crippen LogP contribution in [0.2, 0.25) is 0 Å². The predicted octanol–water partition coefficient (Wildman–Crippen LogP) is 3.92. The van der Waals surface area contributed by atoms with Crippen LogP contribution >= 0.6 is 0 Å². The Kier molecular flexibility index (Phi) is 5.04. The van der Waals surface area contributed by atoms with Crippen LogP contribution in [0.5, 0.6) is 5.75 Å². The standard InChI is InChI=1S/C18H27NO2/c1-14(2)21-16-11-7-6-10-15(16)17(20)18(3,4)19-12-8-5-9-13-19/h6-7,10-11,14H,5,8-9,12-13H2,1-4H3. The van der Waals surface area contributed by atoms with E-state index in [1.165, 1.54) is 19.3 Å². The van der Waals surface area contributed by atoms with Gasteiger partial charge in [-0.15, -0.1) is 0 Å². The fraction of sp³-hybridized carbons (Fsp3) is 0.611. The minimum absolute atomic E-state index is 0.0667. The second-order valence-electron chi connectivity index (χ2n) is 6.60. The topological polar surface area (TPSA) is 29.5 Å². The van der Waals surface area contributed by atoms with E-state index in [1.54, 1.807) is 0 Å². The Morgan fingerprint density at radius 2 is 1.76 bits per heavy atom. The highest BCUT2D eigenvalue weighted by atomic mass is 16.5. The van der Waals surface area contributed by atoms with E-state index < -0.39 is 5.54 Å². The molecule has 0 bridgehead atoms. The lowest BCUT2D eigenvalue weighted by Gasteiger charge is -2.40. The van der Waals surface area contributed by atoms with Crippen molar-refractivity contribution in [2.24, 2.45) is 0 Å². The van der Waals surface area contributed by atoms with Crippen LogP contribution in [0.4, 0.5) is 0 Å². The van der Waals surface area contributed by atoms with Gasteiger partial charge in [0.1, 0.15) is 5.75 Å². The van der Waals surface area contributed by atoms with Gasteiger partial charge in [-0.2, -0.15) is 0 Å². The highest BCUT2D eigenvalue weighted by Gasteiger charge is 2.36. The smallest absolute Gasteiger partial charge is 0.186 e. The monoisotopic (exact) mass is 289 g/mol. The number of ether oxygens (including phenoxy) is 1. The maximum Gasteiger partial charge on any atom is 0.186 e. The third-order valence-electron chi connectivity index (χ3n) is 4.20. The molecule has 1 heterocycles. The number of ketones is 1. The van der Waals surface area contributed by atoms with E-state index in [9.17, 15) is 4.79 Å². The Labute approximate surface area is 128 Å². The van der Waals surface area contributed by atoms with Gasteiger partial charge < -0.3 is 4.74 Å². The summed E-state index contributed by atoms with van der Waals surface area (Å²) >= 11 is 0. The summed E-state index contributed by atoms with van der Waals surface area (Å²) in [5.41, 5.74) is 0.221. The van der Waals surface area contributed by atoms with Crippen molar-refractivity contribution in [1.29, 1.82) is 0 Å². The minimum Gasteiger partial charge on any atom is -0.490 e. The number of benzene rings is 1. The van der Waals surface area contributed by atoms with Crippen LogP contribution in [0.25, 0.3) is 0 Å². The molecule has 1 aromatic rings. The van der Waals surface area contributed by atoms with Crippen molar-refractivity contribution >= 4 is 5.78 Å². The van der Waals surface area contributed by atoms with Gasteiger partial charge in [0.2, 0.25) is 0 Å². The molecule has 1 fully saturated rings. The number of nitrogens with zero attached hydrogens (tertiary/aromatic N) is 1. The van der Waals surface area contributed by atoms with E-state index >= 15 is 0 Å². The van der Waals surface area contributed by atoms with Crippen molar-refractivity contribution in [1.82, 2.24) is 4.90 Å². The van der Waals surface area contributed by atoms with Gasteiger partial charge in [0.15, 0.2) is 5.78 Å². The van der Waals surface area contributed by atoms with Crippen LogP contribution < -0.4 is 4.74 Å². The zero-order valence-corrected chi connectivity index (χ0v) is 13.7. The van der Waals surface area contributed by atoms with Crippen LogP contribution in [0, 0.1) is 0 Å². The van der Waals surface area contributed by atoms with Crippen LogP contribution in [-0.4, -0.2) is 35.4 Å². The molecule has 1 aromatic carbocycles. The molecule has 0 amide bonds. The van der Waals surface area contributed by atoms with Gasteiger partial charge in [-0.1, -0.05) is 18.6 Å². The number of carbonyl (C=O) groups is 1. The van der Waals surface area contributed by atoms with Gasteiger partial charge in [-0.25, -0.2) is 0 Å². The first kappa shape index (κ1) is 16.0. The molecule has 0 radical (unpaired) electrons. The number of para-hydroxylation sites is 1. The molecule has 0 aliphatic carbocycles. The number of carbonyl (C=O) groups excluding carboxylic acids is 1. The molecule has 1 saturated heterocycles. The van der Waals surface area contributed by atoms with E-state index in [0.29, 0.717) is 11.3 Å². The van der Waals surface area contributed by atoms with Gasteiger partial charge in [-0.05, 0) is 65.8 Å². The second kappa shape index (κ2) is 6.61. The fourth-order valence-corrected chi connectivity index (χ4v) is 2.94. The molecule has 3 nitrogen and oxygen atoms in total. The first-order valence-electron chi connectivity index (χ1n) is 7.98. The minimum atomic E-state index is -0.475. The normalized spacial score (nSPS) is 17.0. The summed E-state index contributed by atoms with van der Waals surface area (Å²) < 4.78 is 5.81. The number of hydrogen-bond donors (Lipinski definition) is 0. The van der Waals surface area contributed by atoms with Crippen molar-refractivity contribution in [2.75, 3.05) is 13.1 Å². The molecule has 0 atom stereocenters. The maximum absolute atomic E-state index is 13.0. The molecule has 3 heteroatoms. The lowest BCUT2D eigenvalue weighted by Crippen LogP contribution is -2.52. The molecular formula is C18H27NO2. The van der Waals surface area contributed by atoms with Crippen molar-refractivity contribution in [2.45, 2.75) is 58.6 Å². The van der Waals surface area contributed by atoms with Gasteiger partial charge in [0.25, 0.3) is 0 Å². The molecule has 0 aromatic heterocycles. The van der Waals surface area contributed by atoms with Crippen molar-refractivity contribution in [3.63, 3.8) is 0 Å². The SMILES string of the molecule is CC(C)Oc1ccccc1C(=O)C(C)(C)N1CCCCC1. The van der Waals surface area contributed by atoms with E-state index in [-0.39, 0.29) is 11.9 Å². The molecule has 0 unspecified atom stereocenters. The van der Waals surface area contributed by atoms with Crippen LogP contribution in [0.15, 0.2) is 24.3 Å².